The fourth-order valence-corrected chi connectivity index (χ4v) is 14.6. The van der Waals surface area contributed by atoms with Gasteiger partial charge in [0.25, 0.3) is 0 Å². The first-order chi connectivity index (χ1) is 49.7. The maximum atomic E-state index is 13.1. The molecule has 19 heteroatoms. The molecule has 0 aliphatic rings. The number of aliphatic hydroxyl groups excluding tert-OH is 1. The molecule has 0 aromatic rings. The van der Waals surface area contributed by atoms with Crippen molar-refractivity contribution >= 4 is 39.5 Å². The lowest BCUT2D eigenvalue weighted by Crippen LogP contribution is -2.30. The first-order valence-corrected chi connectivity index (χ1v) is 46.3. The fraction of sp³-hybridized carbons (Fsp3) is 0.952. The SMILES string of the molecule is CCCCCCCCCCCCCCCCCCCCCCCC(=O)O[C@H](COC(=O)CCCCCCCCCCCCCCCCC)COP(=O)(O)OC[C@@H](O)COP(=O)(O)OC[C@@H](COC(=O)CCCCCCCCCCCCCC)OC(=O)CCCCCCCCCCCCCCCC. The van der Waals surface area contributed by atoms with Gasteiger partial charge in [-0.25, -0.2) is 9.13 Å². The highest BCUT2D eigenvalue weighted by Gasteiger charge is 2.30. The minimum absolute atomic E-state index is 0.109. The molecule has 606 valence electrons. The zero-order valence-electron chi connectivity index (χ0n) is 66.6. The molecule has 0 aromatic carbocycles. The average Bonchev–Trinajstić information content (AvgIpc) is 0.931. The Hall–Kier alpha value is -1.94. The van der Waals surface area contributed by atoms with Crippen LogP contribution in [0, 0.1) is 0 Å². The van der Waals surface area contributed by atoms with Crippen LogP contribution in [-0.4, -0.2) is 96.7 Å². The van der Waals surface area contributed by atoms with Crippen molar-refractivity contribution in [1.29, 1.82) is 0 Å². The van der Waals surface area contributed by atoms with Crippen molar-refractivity contribution in [2.24, 2.45) is 0 Å². The number of esters is 4. The molecule has 0 saturated carbocycles. The van der Waals surface area contributed by atoms with Crippen LogP contribution in [0.1, 0.15) is 451 Å². The van der Waals surface area contributed by atoms with E-state index in [1.54, 1.807) is 0 Å². The van der Waals surface area contributed by atoms with Crippen LogP contribution >= 0.6 is 15.6 Å². The average molecular weight is 1490 g/mol. The van der Waals surface area contributed by atoms with E-state index in [0.29, 0.717) is 25.7 Å². The molecule has 0 aliphatic carbocycles. The predicted molar refractivity (Wildman–Crippen MR) is 419 cm³/mol. The lowest BCUT2D eigenvalue weighted by atomic mass is 10.0. The number of hydrogen-bond donors (Lipinski definition) is 3. The van der Waals surface area contributed by atoms with Crippen molar-refractivity contribution in [3.8, 4) is 0 Å². The highest BCUT2D eigenvalue weighted by molar-refractivity contribution is 7.47. The molecule has 2 unspecified atom stereocenters. The number of phosphoric acid groups is 2. The number of hydrogen-bond acceptors (Lipinski definition) is 15. The maximum absolute atomic E-state index is 13.1. The van der Waals surface area contributed by atoms with Crippen LogP contribution in [0.4, 0.5) is 0 Å². The number of phosphoric ester groups is 2. The Morgan fingerprint density at radius 3 is 0.578 bits per heavy atom. The van der Waals surface area contributed by atoms with E-state index < -0.39 is 97.5 Å². The molecule has 0 heterocycles. The summed E-state index contributed by atoms with van der Waals surface area (Å²) in [7, 11) is -9.92. The van der Waals surface area contributed by atoms with Crippen LogP contribution in [0.2, 0.25) is 0 Å². The molecule has 0 radical (unpaired) electrons. The van der Waals surface area contributed by atoms with Crippen LogP contribution < -0.4 is 0 Å². The number of unbranched alkanes of at least 4 members (excludes halogenated alkanes) is 58. The number of carbonyl (C=O) groups is 4. The third kappa shape index (κ3) is 76.3. The van der Waals surface area contributed by atoms with Gasteiger partial charge in [-0.05, 0) is 25.7 Å². The second-order valence-electron chi connectivity index (χ2n) is 29.9. The lowest BCUT2D eigenvalue weighted by molar-refractivity contribution is -0.161. The van der Waals surface area contributed by atoms with Gasteiger partial charge in [-0.2, -0.15) is 0 Å². The summed E-state index contributed by atoms with van der Waals surface area (Å²) in [4.78, 5) is 73.1. The van der Waals surface area contributed by atoms with Crippen molar-refractivity contribution in [3.05, 3.63) is 0 Å². The van der Waals surface area contributed by atoms with E-state index in [0.717, 1.165) is 89.9 Å². The van der Waals surface area contributed by atoms with Gasteiger partial charge >= 0.3 is 39.5 Å². The van der Waals surface area contributed by atoms with Crippen molar-refractivity contribution in [2.75, 3.05) is 39.6 Å². The minimum Gasteiger partial charge on any atom is -0.462 e. The van der Waals surface area contributed by atoms with Crippen LogP contribution in [0.25, 0.3) is 0 Å². The first-order valence-electron chi connectivity index (χ1n) is 43.3. The standard InChI is InChI=1S/C83H162O17P2/c1-5-9-13-17-21-25-29-33-36-37-38-39-40-41-43-46-50-54-58-62-66-70-83(88)100-79(74-94-81(86)68-64-60-56-52-48-45-42-34-30-26-22-18-14-10-6-2)76-98-102(91,92)96-72-77(84)71-95-101(89,90)97-75-78(73-93-80(85)67-63-59-55-51-47-32-28-24-20-16-12-8-4)99-82(87)69-65-61-57-53-49-44-35-31-27-23-19-15-11-7-3/h77-79,84H,5-76H2,1-4H3,(H,89,90)(H,91,92)/t77-,78+,79+/m0/s1. The van der Waals surface area contributed by atoms with Crippen LogP contribution in [-0.2, 0) is 65.4 Å². The molecule has 0 saturated heterocycles. The quantitative estimate of drug-likeness (QED) is 0.0222. The van der Waals surface area contributed by atoms with Gasteiger partial charge < -0.3 is 33.8 Å². The highest BCUT2D eigenvalue weighted by atomic mass is 31.2. The summed E-state index contributed by atoms with van der Waals surface area (Å²) in [5, 5.41) is 10.7. The van der Waals surface area contributed by atoms with E-state index in [4.69, 9.17) is 37.0 Å². The Balaban J connectivity index is 5.23. The van der Waals surface area contributed by atoms with Gasteiger partial charge in [0.1, 0.15) is 19.3 Å². The molecule has 0 aromatic heterocycles. The Bertz CT molecular complexity index is 1930. The zero-order chi connectivity index (χ0) is 74.6. The van der Waals surface area contributed by atoms with Crippen LogP contribution in [0.15, 0.2) is 0 Å². The van der Waals surface area contributed by atoms with E-state index in [-0.39, 0.29) is 25.7 Å². The third-order valence-electron chi connectivity index (χ3n) is 19.6. The molecule has 0 fully saturated rings. The van der Waals surface area contributed by atoms with Crippen LogP contribution in [0.3, 0.4) is 0 Å². The maximum Gasteiger partial charge on any atom is 0.472 e. The topological polar surface area (TPSA) is 237 Å². The zero-order valence-corrected chi connectivity index (χ0v) is 68.4. The van der Waals surface area contributed by atoms with Gasteiger partial charge in [-0.1, -0.05) is 400 Å². The molecule has 0 aliphatic heterocycles. The summed E-state index contributed by atoms with van der Waals surface area (Å²) < 4.78 is 68.8. The lowest BCUT2D eigenvalue weighted by Gasteiger charge is -2.21. The largest absolute Gasteiger partial charge is 0.472 e. The van der Waals surface area contributed by atoms with E-state index in [1.807, 2.05) is 0 Å². The Labute approximate surface area is 626 Å². The van der Waals surface area contributed by atoms with Gasteiger partial charge in [-0.15, -0.1) is 0 Å². The van der Waals surface area contributed by atoms with Crippen molar-refractivity contribution < 1.29 is 80.2 Å². The summed E-state index contributed by atoms with van der Waals surface area (Å²) in [5.74, 6) is -2.10. The van der Waals surface area contributed by atoms with E-state index in [9.17, 15) is 43.2 Å². The normalized spacial score (nSPS) is 13.8. The summed E-state index contributed by atoms with van der Waals surface area (Å²) in [5.41, 5.74) is 0. The minimum atomic E-state index is -4.96. The molecule has 17 nitrogen and oxygen atoms in total. The van der Waals surface area contributed by atoms with Crippen LogP contribution in [0.5, 0.6) is 0 Å². The fourth-order valence-electron chi connectivity index (χ4n) is 13.0. The smallest absolute Gasteiger partial charge is 0.462 e. The summed E-state index contributed by atoms with van der Waals surface area (Å²) in [6.07, 6.45) is 70.7. The predicted octanol–water partition coefficient (Wildman–Crippen LogP) is 25.4. The van der Waals surface area contributed by atoms with E-state index >= 15 is 0 Å². The molecule has 5 atom stereocenters. The van der Waals surface area contributed by atoms with Crippen molar-refractivity contribution in [2.45, 2.75) is 470 Å². The molecular weight excluding hydrogens is 1330 g/mol. The Morgan fingerprint density at radius 1 is 0.235 bits per heavy atom. The van der Waals surface area contributed by atoms with Gasteiger partial charge in [0.2, 0.25) is 0 Å². The number of carbonyl (C=O) groups excluding carboxylic acids is 4. The van der Waals surface area contributed by atoms with Crippen molar-refractivity contribution in [3.63, 3.8) is 0 Å². The molecular formula is C83H162O17P2. The number of aliphatic hydroxyl groups is 1. The Morgan fingerprint density at radius 2 is 0.392 bits per heavy atom. The van der Waals surface area contributed by atoms with E-state index in [2.05, 4.69) is 27.7 Å². The van der Waals surface area contributed by atoms with Gasteiger partial charge in [0.15, 0.2) is 12.2 Å². The second-order valence-corrected chi connectivity index (χ2v) is 32.8. The summed E-state index contributed by atoms with van der Waals surface area (Å²) in [6, 6.07) is 0. The van der Waals surface area contributed by atoms with Gasteiger partial charge in [0.05, 0.1) is 26.4 Å². The highest BCUT2D eigenvalue weighted by Crippen LogP contribution is 2.45. The summed E-state index contributed by atoms with van der Waals surface area (Å²) >= 11 is 0. The molecule has 0 spiro atoms. The third-order valence-corrected chi connectivity index (χ3v) is 21.5. The van der Waals surface area contributed by atoms with Crippen molar-refractivity contribution in [1.82, 2.24) is 0 Å². The molecule has 3 N–H and O–H groups in total. The van der Waals surface area contributed by atoms with Gasteiger partial charge in [0, 0.05) is 25.7 Å². The molecule has 0 bridgehead atoms. The van der Waals surface area contributed by atoms with E-state index in [1.165, 1.54) is 283 Å². The van der Waals surface area contributed by atoms with Gasteiger partial charge in [-0.3, -0.25) is 37.3 Å². The first kappa shape index (κ1) is 100. The second kappa shape index (κ2) is 77.2. The number of ether oxygens (including phenoxy) is 4. The summed E-state index contributed by atoms with van der Waals surface area (Å²) in [6.45, 7) is 5.04. The molecule has 0 amide bonds. The monoisotopic (exact) mass is 1490 g/mol. The molecule has 0 rings (SSSR count). The number of rotatable bonds is 84. The Kier molecular flexibility index (Phi) is 75.8. The molecule has 102 heavy (non-hydrogen) atoms.